The molecule has 0 aliphatic carbocycles. The van der Waals surface area contributed by atoms with Gasteiger partial charge in [0.15, 0.2) is 0 Å². The minimum Gasteiger partial charge on any atom is -0.463 e. The van der Waals surface area contributed by atoms with Crippen molar-refractivity contribution >= 4 is 23.4 Å². The minimum atomic E-state index is -0.444. The van der Waals surface area contributed by atoms with Gasteiger partial charge in [-0.3, -0.25) is 9.78 Å². The van der Waals surface area contributed by atoms with Gasteiger partial charge in [-0.2, -0.15) is 0 Å². The molecule has 0 radical (unpaired) electrons. The smallest absolute Gasteiger partial charge is 0.341 e. The summed E-state index contributed by atoms with van der Waals surface area (Å²) < 4.78 is 10.5. The number of rotatable bonds is 8. The van der Waals surface area contributed by atoms with Crippen molar-refractivity contribution in [1.82, 2.24) is 9.97 Å². The molecular weight excluding hydrogens is 420 g/mol. The molecule has 0 bridgehead atoms. The van der Waals surface area contributed by atoms with Gasteiger partial charge in [0.1, 0.15) is 17.8 Å². The van der Waals surface area contributed by atoms with Crippen LogP contribution in [0.5, 0.6) is 0 Å². The molecule has 4 rings (SSSR count). The number of ether oxygens (including phenoxy) is 1. The number of hydrogen-bond donors (Lipinski definition) is 2. The lowest BCUT2D eigenvalue weighted by Crippen LogP contribution is -2.15. The quantitative estimate of drug-likeness (QED) is 0.378. The van der Waals surface area contributed by atoms with Crippen LogP contribution < -0.4 is 10.6 Å². The lowest BCUT2D eigenvalue weighted by Gasteiger charge is -2.12. The van der Waals surface area contributed by atoms with Crippen LogP contribution >= 0.6 is 0 Å². The Bertz CT molecular complexity index is 1250. The Morgan fingerprint density at radius 1 is 1.03 bits per heavy atom. The maximum Gasteiger partial charge on any atom is 0.341 e. The molecule has 33 heavy (non-hydrogen) atoms. The first-order valence-electron chi connectivity index (χ1n) is 10.4. The van der Waals surface area contributed by atoms with Crippen molar-refractivity contribution in [3.05, 3.63) is 96.1 Å². The topological polar surface area (TPSA) is 106 Å². The molecule has 1 aromatic carbocycles. The van der Waals surface area contributed by atoms with Gasteiger partial charge in [0.25, 0.3) is 5.91 Å². The number of esters is 1. The molecule has 8 nitrogen and oxygen atoms in total. The highest BCUT2D eigenvalue weighted by molar-refractivity contribution is 6.07. The molecule has 3 aromatic heterocycles. The van der Waals surface area contributed by atoms with Crippen molar-refractivity contribution in [3.8, 4) is 11.3 Å². The van der Waals surface area contributed by atoms with Gasteiger partial charge in [0.05, 0.1) is 17.7 Å². The second kappa shape index (κ2) is 10.2. The van der Waals surface area contributed by atoms with Crippen LogP contribution in [0.25, 0.3) is 11.3 Å². The van der Waals surface area contributed by atoms with Gasteiger partial charge in [-0.15, -0.1) is 0 Å². The van der Waals surface area contributed by atoms with Gasteiger partial charge in [-0.1, -0.05) is 12.1 Å². The van der Waals surface area contributed by atoms with E-state index in [1.165, 1.54) is 6.26 Å². The molecule has 3 heterocycles. The first-order valence-corrected chi connectivity index (χ1v) is 10.4. The Hall–Kier alpha value is -4.46. The van der Waals surface area contributed by atoms with Crippen molar-refractivity contribution in [2.24, 2.45) is 0 Å². The fourth-order valence-electron chi connectivity index (χ4n) is 3.17. The summed E-state index contributed by atoms with van der Waals surface area (Å²) in [4.78, 5) is 33.2. The third kappa shape index (κ3) is 5.43. The molecule has 0 unspecified atom stereocenters. The summed E-state index contributed by atoms with van der Waals surface area (Å²) >= 11 is 0. The molecule has 0 aliphatic rings. The van der Waals surface area contributed by atoms with Crippen LogP contribution in [0.3, 0.4) is 0 Å². The van der Waals surface area contributed by atoms with Crippen molar-refractivity contribution < 1.29 is 18.7 Å². The van der Waals surface area contributed by atoms with E-state index in [9.17, 15) is 9.59 Å². The van der Waals surface area contributed by atoms with E-state index in [0.717, 1.165) is 5.56 Å². The zero-order valence-corrected chi connectivity index (χ0v) is 17.9. The first kappa shape index (κ1) is 21.8. The van der Waals surface area contributed by atoms with Gasteiger partial charge in [0, 0.05) is 36.4 Å². The van der Waals surface area contributed by atoms with Gasteiger partial charge >= 0.3 is 5.97 Å². The number of benzene rings is 1. The van der Waals surface area contributed by atoms with Crippen LogP contribution in [0.2, 0.25) is 0 Å². The van der Waals surface area contributed by atoms with Crippen LogP contribution in [0.1, 0.15) is 33.2 Å². The summed E-state index contributed by atoms with van der Waals surface area (Å²) in [6.07, 6.45) is 6.41. The van der Waals surface area contributed by atoms with E-state index in [-0.39, 0.29) is 12.5 Å². The van der Waals surface area contributed by atoms with Gasteiger partial charge in [-0.25, -0.2) is 9.78 Å². The monoisotopic (exact) mass is 442 g/mol. The molecule has 0 saturated heterocycles. The summed E-state index contributed by atoms with van der Waals surface area (Å²) in [5.41, 5.74) is 3.07. The maximum atomic E-state index is 13.0. The van der Waals surface area contributed by atoms with E-state index in [0.29, 0.717) is 40.5 Å². The van der Waals surface area contributed by atoms with Crippen molar-refractivity contribution in [2.45, 2.75) is 13.5 Å². The van der Waals surface area contributed by atoms with E-state index in [1.807, 2.05) is 18.2 Å². The molecule has 0 atom stereocenters. The van der Waals surface area contributed by atoms with E-state index in [2.05, 4.69) is 20.6 Å². The van der Waals surface area contributed by atoms with E-state index < -0.39 is 5.97 Å². The molecule has 0 saturated carbocycles. The third-order valence-corrected chi connectivity index (χ3v) is 4.78. The van der Waals surface area contributed by atoms with Crippen LogP contribution in [0, 0.1) is 0 Å². The van der Waals surface area contributed by atoms with Crippen LogP contribution in [0.15, 0.2) is 83.9 Å². The fourth-order valence-corrected chi connectivity index (χ4v) is 3.17. The number of carbonyl (C=O) groups is 2. The van der Waals surface area contributed by atoms with E-state index in [1.54, 1.807) is 61.9 Å². The first-order chi connectivity index (χ1) is 16.1. The zero-order chi connectivity index (χ0) is 23.0. The predicted octanol–water partition coefficient (Wildman–Crippen LogP) is 4.78. The normalized spacial score (nSPS) is 10.5. The largest absolute Gasteiger partial charge is 0.463 e. The lowest BCUT2D eigenvalue weighted by atomic mass is 10.1. The summed E-state index contributed by atoms with van der Waals surface area (Å²) in [7, 11) is 0. The second-order valence-corrected chi connectivity index (χ2v) is 7.06. The number of nitrogens with zero attached hydrogens (tertiary/aromatic N) is 2. The molecule has 1 amide bonds. The third-order valence-electron chi connectivity index (χ3n) is 4.78. The van der Waals surface area contributed by atoms with E-state index in [4.69, 9.17) is 9.15 Å². The Balaban J connectivity index is 1.48. The summed E-state index contributed by atoms with van der Waals surface area (Å²) in [5.74, 6) is 0.229. The molecular formula is C25H22N4O4. The number of pyridine rings is 2. The molecule has 0 fully saturated rings. The number of anilines is 2. The Morgan fingerprint density at radius 3 is 2.70 bits per heavy atom. The molecule has 0 aliphatic heterocycles. The highest BCUT2D eigenvalue weighted by atomic mass is 16.5. The number of amides is 1. The zero-order valence-electron chi connectivity index (χ0n) is 17.9. The molecule has 4 aromatic rings. The Kier molecular flexibility index (Phi) is 6.75. The molecule has 0 spiro atoms. The Morgan fingerprint density at radius 2 is 1.88 bits per heavy atom. The van der Waals surface area contributed by atoms with E-state index >= 15 is 0 Å². The van der Waals surface area contributed by atoms with Crippen molar-refractivity contribution in [2.75, 3.05) is 17.2 Å². The standard InChI is InChI=1S/C25H22N4O4/c1-2-32-25(31)19-14-22(33-16-19)18-5-3-6-20(13-18)29-24(30)21-7-4-10-27-23(21)28-15-17-8-11-26-12-9-17/h3-14,16H,2,15H2,1H3,(H,27,28)(H,29,30). The predicted molar refractivity (Wildman–Crippen MR) is 124 cm³/mol. The molecule has 8 heteroatoms. The second-order valence-electron chi connectivity index (χ2n) is 7.06. The average Bonchev–Trinajstić information content (AvgIpc) is 3.35. The van der Waals surface area contributed by atoms with Crippen LogP contribution in [-0.4, -0.2) is 28.5 Å². The Labute approximate surface area is 190 Å². The average molecular weight is 442 g/mol. The van der Waals surface area contributed by atoms with Gasteiger partial charge in [0.2, 0.25) is 0 Å². The summed E-state index contributed by atoms with van der Waals surface area (Å²) in [6.45, 7) is 2.54. The molecule has 2 N–H and O–H groups in total. The summed E-state index contributed by atoms with van der Waals surface area (Å²) in [6, 6.07) is 16.0. The highest BCUT2D eigenvalue weighted by Crippen LogP contribution is 2.26. The van der Waals surface area contributed by atoms with Crippen LogP contribution in [0.4, 0.5) is 11.5 Å². The van der Waals surface area contributed by atoms with Crippen molar-refractivity contribution in [3.63, 3.8) is 0 Å². The molecule has 166 valence electrons. The number of carbonyl (C=O) groups excluding carboxylic acids is 2. The number of hydrogen-bond acceptors (Lipinski definition) is 7. The highest BCUT2D eigenvalue weighted by Gasteiger charge is 2.15. The van der Waals surface area contributed by atoms with Gasteiger partial charge in [-0.05, 0) is 55.0 Å². The van der Waals surface area contributed by atoms with Crippen molar-refractivity contribution in [1.29, 1.82) is 0 Å². The number of furan rings is 1. The minimum absolute atomic E-state index is 0.286. The number of nitrogens with one attached hydrogen (secondary N) is 2. The fraction of sp³-hybridized carbons (Fsp3) is 0.120. The SMILES string of the molecule is CCOC(=O)c1coc(-c2cccc(NC(=O)c3cccnc3NCc3ccncc3)c2)c1. The number of aromatic nitrogens is 2. The van der Waals surface area contributed by atoms with Gasteiger partial charge < -0.3 is 19.8 Å². The summed E-state index contributed by atoms with van der Waals surface area (Å²) in [5, 5.41) is 6.09. The van der Waals surface area contributed by atoms with Crippen LogP contribution in [-0.2, 0) is 11.3 Å². The maximum absolute atomic E-state index is 13.0. The lowest BCUT2D eigenvalue weighted by molar-refractivity contribution is 0.0525.